The van der Waals surface area contributed by atoms with E-state index in [4.69, 9.17) is 14.2 Å². The molecule has 1 saturated carbocycles. The first-order valence-electron chi connectivity index (χ1n) is 7.54. The molecule has 0 amide bonds. The van der Waals surface area contributed by atoms with Crippen LogP contribution < -0.4 is 0 Å². The number of ether oxygens (including phenoxy) is 3. The van der Waals surface area contributed by atoms with Gasteiger partial charge in [0.2, 0.25) is 0 Å². The Balaban J connectivity index is 1.86. The predicted molar refractivity (Wildman–Crippen MR) is 68.9 cm³/mol. The molecule has 0 radical (unpaired) electrons. The molecule has 0 bridgehead atoms. The molecule has 0 spiro atoms. The van der Waals surface area contributed by atoms with E-state index in [1.807, 2.05) is 0 Å². The molecule has 104 valence electrons. The summed E-state index contributed by atoms with van der Waals surface area (Å²) in [6, 6.07) is 0. The molecule has 4 unspecified atom stereocenters. The van der Waals surface area contributed by atoms with Gasteiger partial charge in [-0.3, -0.25) is 0 Å². The Morgan fingerprint density at radius 3 is 2.61 bits per heavy atom. The minimum absolute atomic E-state index is 0.0288. The predicted octanol–water partition coefficient (Wildman–Crippen LogP) is 3.18. The second kappa shape index (κ2) is 5.10. The summed E-state index contributed by atoms with van der Waals surface area (Å²) in [4.78, 5) is 0. The molecule has 0 aromatic carbocycles. The minimum atomic E-state index is -0.0831. The molecule has 0 aromatic heterocycles. The van der Waals surface area contributed by atoms with Crippen molar-refractivity contribution in [1.82, 2.24) is 0 Å². The lowest BCUT2D eigenvalue weighted by molar-refractivity contribution is -0.326. The van der Waals surface area contributed by atoms with Crippen LogP contribution in [0.5, 0.6) is 0 Å². The quantitative estimate of drug-likeness (QED) is 0.719. The first-order valence-corrected chi connectivity index (χ1v) is 7.54. The Hall–Kier alpha value is -0.120. The summed E-state index contributed by atoms with van der Waals surface area (Å²) < 4.78 is 17.7. The summed E-state index contributed by atoms with van der Waals surface area (Å²) in [7, 11) is 1.75. The lowest BCUT2D eigenvalue weighted by Crippen LogP contribution is -2.52. The molecule has 2 saturated heterocycles. The highest BCUT2D eigenvalue weighted by Crippen LogP contribution is 2.50. The van der Waals surface area contributed by atoms with Gasteiger partial charge in [-0.1, -0.05) is 13.3 Å². The van der Waals surface area contributed by atoms with E-state index in [9.17, 15) is 0 Å². The molecule has 3 heteroatoms. The third-order valence-electron chi connectivity index (χ3n) is 5.38. The van der Waals surface area contributed by atoms with E-state index >= 15 is 0 Å². The van der Waals surface area contributed by atoms with Gasteiger partial charge in [0.25, 0.3) is 0 Å². The van der Waals surface area contributed by atoms with E-state index in [1.54, 1.807) is 7.11 Å². The normalized spacial score (nSPS) is 52.5. The Labute approximate surface area is 110 Å². The second-order valence-corrected chi connectivity index (χ2v) is 6.42. The van der Waals surface area contributed by atoms with Gasteiger partial charge in [-0.2, -0.15) is 0 Å². The Morgan fingerprint density at radius 2 is 1.83 bits per heavy atom. The summed E-state index contributed by atoms with van der Waals surface area (Å²) in [5.74, 6) is 2.62. The van der Waals surface area contributed by atoms with Gasteiger partial charge >= 0.3 is 0 Å². The van der Waals surface area contributed by atoms with Crippen LogP contribution in [0.25, 0.3) is 0 Å². The van der Waals surface area contributed by atoms with Gasteiger partial charge in [-0.05, 0) is 44.4 Å². The fraction of sp³-hybridized carbons (Fsp3) is 1.00. The molecule has 3 aliphatic rings. The molecule has 3 fully saturated rings. The van der Waals surface area contributed by atoms with Crippen LogP contribution in [-0.2, 0) is 14.2 Å². The van der Waals surface area contributed by atoms with Crippen molar-refractivity contribution in [3.8, 4) is 0 Å². The maximum absolute atomic E-state index is 6.13. The van der Waals surface area contributed by atoms with Crippen LogP contribution in [0.1, 0.15) is 46.0 Å². The van der Waals surface area contributed by atoms with E-state index in [0.717, 1.165) is 11.8 Å². The van der Waals surface area contributed by atoms with Crippen LogP contribution in [0.15, 0.2) is 0 Å². The van der Waals surface area contributed by atoms with Gasteiger partial charge in [0.15, 0.2) is 12.6 Å². The van der Waals surface area contributed by atoms with Crippen molar-refractivity contribution in [2.45, 2.75) is 64.6 Å². The average molecular weight is 254 g/mol. The molecule has 7 atom stereocenters. The van der Waals surface area contributed by atoms with Crippen molar-refractivity contribution < 1.29 is 14.2 Å². The van der Waals surface area contributed by atoms with Crippen LogP contribution in [0.2, 0.25) is 0 Å². The van der Waals surface area contributed by atoms with Crippen molar-refractivity contribution in [3.05, 3.63) is 0 Å². The van der Waals surface area contributed by atoms with Crippen LogP contribution in [0.3, 0.4) is 0 Å². The van der Waals surface area contributed by atoms with E-state index in [-0.39, 0.29) is 12.6 Å². The third kappa shape index (κ3) is 2.10. The van der Waals surface area contributed by atoms with Crippen molar-refractivity contribution in [2.75, 3.05) is 7.11 Å². The van der Waals surface area contributed by atoms with Gasteiger partial charge in [0.1, 0.15) is 0 Å². The van der Waals surface area contributed by atoms with Gasteiger partial charge in [0.05, 0.1) is 6.10 Å². The summed E-state index contributed by atoms with van der Waals surface area (Å²) in [5.41, 5.74) is 0. The molecule has 3 rings (SSSR count). The topological polar surface area (TPSA) is 27.7 Å². The lowest BCUT2D eigenvalue weighted by Gasteiger charge is -2.49. The average Bonchev–Trinajstić information content (AvgIpc) is 2.54. The Kier molecular flexibility index (Phi) is 3.65. The number of hydrogen-bond donors (Lipinski definition) is 0. The van der Waals surface area contributed by atoms with Gasteiger partial charge < -0.3 is 14.2 Å². The number of methoxy groups -OCH3 is 1. The summed E-state index contributed by atoms with van der Waals surface area (Å²) >= 11 is 0. The lowest BCUT2D eigenvalue weighted by atomic mass is 9.65. The highest BCUT2D eigenvalue weighted by Gasteiger charge is 2.50. The van der Waals surface area contributed by atoms with Gasteiger partial charge in [-0.15, -0.1) is 0 Å². The third-order valence-corrected chi connectivity index (χ3v) is 5.38. The number of rotatable bonds is 1. The monoisotopic (exact) mass is 254 g/mol. The van der Waals surface area contributed by atoms with Crippen molar-refractivity contribution in [2.24, 2.45) is 23.7 Å². The van der Waals surface area contributed by atoms with Crippen LogP contribution >= 0.6 is 0 Å². The maximum atomic E-state index is 6.13. The van der Waals surface area contributed by atoms with Crippen molar-refractivity contribution in [3.63, 3.8) is 0 Å². The van der Waals surface area contributed by atoms with Crippen molar-refractivity contribution >= 4 is 0 Å². The van der Waals surface area contributed by atoms with E-state index < -0.39 is 0 Å². The highest BCUT2D eigenvalue weighted by molar-refractivity contribution is 4.92. The molecular formula is C15H26O3. The van der Waals surface area contributed by atoms with Crippen LogP contribution in [-0.4, -0.2) is 25.8 Å². The largest absolute Gasteiger partial charge is 0.355 e. The maximum Gasteiger partial charge on any atom is 0.164 e. The minimum Gasteiger partial charge on any atom is -0.355 e. The fourth-order valence-corrected chi connectivity index (χ4v) is 4.41. The molecule has 0 N–H and O–H groups in total. The SMILES string of the molecule is CO[C@@H]1OC2OC(C)CC[C@H]3CCC[C@H](C23)C1C. The highest BCUT2D eigenvalue weighted by atomic mass is 16.8. The summed E-state index contributed by atoms with van der Waals surface area (Å²) in [6.45, 7) is 4.46. The smallest absolute Gasteiger partial charge is 0.164 e. The molecule has 18 heavy (non-hydrogen) atoms. The zero-order valence-electron chi connectivity index (χ0n) is 11.8. The molecule has 2 heterocycles. The van der Waals surface area contributed by atoms with E-state index in [2.05, 4.69) is 13.8 Å². The van der Waals surface area contributed by atoms with E-state index in [0.29, 0.717) is 17.9 Å². The summed E-state index contributed by atoms with van der Waals surface area (Å²) in [5, 5.41) is 0. The Morgan fingerprint density at radius 1 is 1.00 bits per heavy atom. The van der Waals surface area contributed by atoms with Gasteiger partial charge in [-0.25, -0.2) is 0 Å². The molecule has 1 aliphatic carbocycles. The molecule has 0 aromatic rings. The second-order valence-electron chi connectivity index (χ2n) is 6.42. The number of hydrogen-bond acceptors (Lipinski definition) is 3. The zero-order chi connectivity index (χ0) is 12.7. The van der Waals surface area contributed by atoms with Crippen LogP contribution in [0.4, 0.5) is 0 Å². The van der Waals surface area contributed by atoms with Crippen molar-refractivity contribution in [1.29, 1.82) is 0 Å². The summed E-state index contributed by atoms with van der Waals surface area (Å²) in [6.07, 6.45) is 6.76. The first-order chi connectivity index (χ1) is 8.70. The van der Waals surface area contributed by atoms with E-state index in [1.165, 1.54) is 32.1 Å². The zero-order valence-corrected chi connectivity index (χ0v) is 11.8. The molecule has 3 nitrogen and oxygen atoms in total. The fourth-order valence-electron chi connectivity index (χ4n) is 4.41. The standard InChI is InChI=1S/C15H26O3/c1-9-7-8-11-5-4-6-12-10(2)14(16-3)18-15(17-9)13(11)12/h9-15H,4-8H2,1-3H3/t9?,10?,11-,12+,13?,14-,15?/m1/s1. The van der Waals surface area contributed by atoms with Crippen LogP contribution in [0, 0.1) is 23.7 Å². The first kappa shape index (κ1) is 12.9. The molecular weight excluding hydrogens is 228 g/mol. The molecule has 2 aliphatic heterocycles. The van der Waals surface area contributed by atoms with Gasteiger partial charge in [0, 0.05) is 18.9 Å². The Bertz CT molecular complexity index is 293.